The smallest absolute Gasteiger partial charge is 0.410 e. The van der Waals surface area contributed by atoms with Crippen LogP contribution in [0.5, 0.6) is 0 Å². The first-order valence-electron chi connectivity index (χ1n) is 9.60. The van der Waals surface area contributed by atoms with E-state index in [4.69, 9.17) is 32.7 Å². The highest BCUT2D eigenvalue weighted by Crippen LogP contribution is 2.38. The van der Waals surface area contributed by atoms with E-state index in [9.17, 15) is 14.4 Å². The Morgan fingerprint density at radius 2 is 1.84 bits per heavy atom. The highest BCUT2D eigenvalue weighted by Gasteiger charge is 2.31. The normalized spacial score (nSPS) is 12.7. The first-order chi connectivity index (χ1) is 14.8. The fraction of sp³-hybridized carbons (Fsp3) is 0.350. The van der Waals surface area contributed by atoms with E-state index in [1.54, 1.807) is 30.9 Å². The minimum absolute atomic E-state index is 0.202. The Morgan fingerprint density at radius 3 is 2.52 bits per heavy atom. The first-order valence-corrected chi connectivity index (χ1v) is 11.2. The number of nitrogens with one attached hydrogen (secondary N) is 2. The minimum Gasteiger partial charge on any atom is -0.462 e. The highest BCUT2D eigenvalue weighted by molar-refractivity contribution is 7.17. The van der Waals surface area contributed by atoms with Crippen LogP contribution in [-0.4, -0.2) is 42.8 Å². The predicted molar refractivity (Wildman–Crippen MR) is 121 cm³/mol. The molecular weight excluding hydrogens is 465 g/mol. The van der Waals surface area contributed by atoms with Gasteiger partial charge in [0.2, 0.25) is 0 Å². The molecule has 8 nitrogen and oxygen atoms in total. The molecule has 1 aromatic heterocycles. The van der Waals surface area contributed by atoms with Gasteiger partial charge in [0.15, 0.2) is 0 Å². The molecule has 2 heterocycles. The zero-order valence-corrected chi connectivity index (χ0v) is 19.2. The Bertz CT molecular complexity index is 1010. The van der Waals surface area contributed by atoms with E-state index >= 15 is 0 Å². The highest BCUT2D eigenvalue weighted by atomic mass is 35.5. The molecule has 11 heteroatoms. The molecule has 0 radical (unpaired) electrons. The number of esters is 1. The summed E-state index contributed by atoms with van der Waals surface area (Å²) in [7, 11) is 0. The van der Waals surface area contributed by atoms with Gasteiger partial charge >= 0.3 is 18.1 Å². The zero-order valence-electron chi connectivity index (χ0n) is 16.9. The van der Waals surface area contributed by atoms with Crippen molar-refractivity contribution in [1.82, 2.24) is 4.90 Å². The number of ether oxygens (including phenoxy) is 2. The molecule has 0 aliphatic carbocycles. The summed E-state index contributed by atoms with van der Waals surface area (Å²) in [6.45, 7) is 4.63. The zero-order chi connectivity index (χ0) is 22.5. The second-order valence-electron chi connectivity index (χ2n) is 6.51. The molecule has 0 fully saturated rings. The van der Waals surface area contributed by atoms with E-state index in [2.05, 4.69) is 10.6 Å². The number of hydrogen-bond donors (Lipinski definition) is 2. The van der Waals surface area contributed by atoms with E-state index in [-0.39, 0.29) is 13.2 Å². The van der Waals surface area contributed by atoms with Crippen LogP contribution in [0.25, 0.3) is 0 Å². The first kappa shape index (κ1) is 23.2. The Balaban J connectivity index is 1.83. The van der Waals surface area contributed by atoms with Gasteiger partial charge in [-0.1, -0.05) is 23.2 Å². The number of hydrogen-bond acceptors (Lipinski definition) is 6. The number of amides is 3. The number of urea groups is 1. The van der Waals surface area contributed by atoms with Gasteiger partial charge in [-0.2, -0.15) is 0 Å². The summed E-state index contributed by atoms with van der Waals surface area (Å²) in [5.41, 5.74) is 1.53. The van der Waals surface area contributed by atoms with Crippen molar-refractivity contribution >= 4 is 63.3 Å². The van der Waals surface area contributed by atoms with Gasteiger partial charge in [-0.3, -0.25) is 5.32 Å². The summed E-state index contributed by atoms with van der Waals surface area (Å²) < 4.78 is 10.3. The summed E-state index contributed by atoms with van der Waals surface area (Å²) in [6.07, 6.45) is 0.0422. The van der Waals surface area contributed by atoms with Crippen LogP contribution in [-0.2, 0) is 22.4 Å². The third-order valence-electron chi connectivity index (χ3n) is 4.47. The number of rotatable bonds is 5. The molecule has 0 saturated heterocycles. The third-order valence-corrected chi connectivity index (χ3v) is 6.34. The summed E-state index contributed by atoms with van der Waals surface area (Å²) in [5, 5.41) is 6.40. The van der Waals surface area contributed by atoms with Crippen LogP contribution in [0.1, 0.15) is 34.6 Å². The molecule has 2 aromatic rings. The van der Waals surface area contributed by atoms with Crippen molar-refractivity contribution in [3.05, 3.63) is 44.2 Å². The Hall–Kier alpha value is -2.49. The minimum atomic E-state index is -0.551. The van der Waals surface area contributed by atoms with Crippen LogP contribution in [0.15, 0.2) is 18.2 Å². The SMILES string of the molecule is CCOC(=O)c1c(NC(=O)Nc2ccc(Cl)c(Cl)c2)sc2c1CCN(C(=O)OCC)C2. The molecule has 0 bridgehead atoms. The molecule has 1 aliphatic heterocycles. The van der Waals surface area contributed by atoms with E-state index in [0.717, 1.165) is 10.4 Å². The molecule has 1 aromatic carbocycles. The lowest BCUT2D eigenvalue weighted by Crippen LogP contribution is -2.36. The van der Waals surface area contributed by atoms with Gasteiger partial charge in [0.25, 0.3) is 0 Å². The Kier molecular flexibility index (Phi) is 7.64. The number of fused-ring (bicyclic) bond motifs is 1. The summed E-state index contributed by atoms with van der Waals surface area (Å²) in [4.78, 5) is 39.6. The molecule has 0 spiro atoms. The monoisotopic (exact) mass is 485 g/mol. The molecule has 0 atom stereocenters. The maximum atomic E-state index is 12.6. The van der Waals surface area contributed by atoms with Gasteiger partial charge in [0.1, 0.15) is 5.00 Å². The quantitative estimate of drug-likeness (QED) is 0.553. The van der Waals surface area contributed by atoms with Crippen molar-refractivity contribution in [2.24, 2.45) is 0 Å². The fourth-order valence-electron chi connectivity index (χ4n) is 3.12. The molecule has 0 saturated carbocycles. The molecule has 31 heavy (non-hydrogen) atoms. The fourth-order valence-corrected chi connectivity index (χ4v) is 4.67. The molecule has 3 rings (SSSR count). The predicted octanol–water partition coefficient (Wildman–Crippen LogP) is 5.39. The second-order valence-corrected chi connectivity index (χ2v) is 8.43. The topological polar surface area (TPSA) is 97.0 Å². The largest absolute Gasteiger partial charge is 0.462 e. The average molecular weight is 486 g/mol. The van der Waals surface area contributed by atoms with E-state index in [1.165, 1.54) is 17.4 Å². The molecule has 166 valence electrons. The number of thiophene rings is 1. The maximum Gasteiger partial charge on any atom is 0.410 e. The van der Waals surface area contributed by atoms with Crippen LogP contribution in [0.4, 0.5) is 20.3 Å². The van der Waals surface area contributed by atoms with E-state index in [1.807, 2.05) is 0 Å². The number of halogens is 2. The standard InChI is InChI=1S/C20H21Cl2N3O5S/c1-3-29-18(26)16-12-7-8-25(20(28)30-4-2)10-15(12)31-17(16)24-19(27)23-11-5-6-13(21)14(22)9-11/h5-6,9H,3-4,7-8,10H2,1-2H3,(H2,23,24,27). The van der Waals surface area contributed by atoms with Crippen molar-refractivity contribution in [3.63, 3.8) is 0 Å². The molecular formula is C20H21Cl2N3O5S. The van der Waals surface area contributed by atoms with Crippen molar-refractivity contribution in [1.29, 1.82) is 0 Å². The summed E-state index contributed by atoms with van der Waals surface area (Å²) in [6, 6.07) is 4.14. The number of carbonyl (C=O) groups excluding carboxylic acids is 3. The van der Waals surface area contributed by atoms with Gasteiger partial charge in [-0.05, 0) is 44.0 Å². The lowest BCUT2D eigenvalue weighted by Gasteiger charge is -2.26. The number of anilines is 2. The second kappa shape index (κ2) is 10.2. The lowest BCUT2D eigenvalue weighted by atomic mass is 10.0. The molecule has 0 unspecified atom stereocenters. The van der Waals surface area contributed by atoms with Crippen LogP contribution < -0.4 is 10.6 Å². The lowest BCUT2D eigenvalue weighted by molar-refractivity contribution is 0.0526. The van der Waals surface area contributed by atoms with Gasteiger partial charge in [-0.15, -0.1) is 11.3 Å². The van der Waals surface area contributed by atoms with Crippen molar-refractivity contribution in [2.75, 3.05) is 30.4 Å². The van der Waals surface area contributed by atoms with Crippen LogP contribution in [0, 0.1) is 0 Å². The van der Waals surface area contributed by atoms with E-state index < -0.39 is 18.1 Å². The molecule has 2 N–H and O–H groups in total. The van der Waals surface area contributed by atoms with Crippen molar-refractivity contribution in [3.8, 4) is 0 Å². The Labute approximate surface area is 193 Å². The van der Waals surface area contributed by atoms with Crippen LogP contribution in [0.3, 0.4) is 0 Å². The summed E-state index contributed by atoms with van der Waals surface area (Å²) in [5.74, 6) is -0.519. The van der Waals surface area contributed by atoms with Crippen LogP contribution in [0.2, 0.25) is 10.0 Å². The van der Waals surface area contributed by atoms with Crippen molar-refractivity contribution < 1.29 is 23.9 Å². The van der Waals surface area contributed by atoms with Gasteiger partial charge in [0.05, 0.1) is 35.4 Å². The average Bonchev–Trinajstić information content (AvgIpc) is 3.07. The molecule has 3 amide bonds. The van der Waals surface area contributed by atoms with Gasteiger partial charge in [-0.25, -0.2) is 14.4 Å². The number of benzene rings is 1. The van der Waals surface area contributed by atoms with Crippen molar-refractivity contribution in [2.45, 2.75) is 26.8 Å². The molecule has 1 aliphatic rings. The summed E-state index contributed by atoms with van der Waals surface area (Å²) >= 11 is 13.1. The number of nitrogens with zero attached hydrogens (tertiary/aromatic N) is 1. The van der Waals surface area contributed by atoms with Gasteiger partial charge < -0.3 is 19.7 Å². The Morgan fingerprint density at radius 1 is 1.10 bits per heavy atom. The third kappa shape index (κ3) is 5.41. The number of carbonyl (C=O) groups is 3. The van der Waals surface area contributed by atoms with E-state index in [0.29, 0.717) is 45.8 Å². The van der Waals surface area contributed by atoms with Crippen LogP contribution >= 0.6 is 34.5 Å². The van der Waals surface area contributed by atoms with Gasteiger partial charge in [0, 0.05) is 17.1 Å². The maximum absolute atomic E-state index is 12.6.